The van der Waals surface area contributed by atoms with Gasteiger partial charge in [-0.1, -0.05) is 30.3 Å². The smallest absolute Gasteiger partial charge is 0.236 e. The van der Waals surface area contributed by atoms with Crippen LogP contribution >= 0.6 is 12.6 Å². The van der Waals surface area contributed by atoms with Crippen molar-refractivity contribution in [3.05, 3.63) is 66.0 Å². The Morgan fingerprint density at radius 2 is 1.81 bits per heavy atom. The van der Waals surface area contributed by atoms with Gasteiger partial charge in [0, 0.05) is 25.5 Å². The Labute approximate surface area is 131 Å². The summed E-state index contributed by atoms with van der Waals surface area (Å²) >= 11 is 4.49. The number of thiol groups is 1. The molecular formula is C17H20N2OS. The fraction of sp³-hybridized carbons (Fsp3) is 0.294. The SMILES string of the molecule is CCN(Cc1ccncc1)C(=O)C(S)Cc1ccccc1. The normalized spacial score (nSPS) is 11.9. The van der Waals surface area contributed by atoms with E-state index in [2.05, 4.69) is 17.6 Å². The van der Waals surface area contributed by atoms with E-state index in [9.17, 15) is 4.79 Å². The molecule has 0 N–H and O–H groups in total. The van der Waals surface area contributed by atoms with Gasteiger partial charge in [0.05, 0.1) is 5.25 Å². The van der Waals surface area contributed by atoms with Crippen LogP contribution in [0.1, 0.15) is 18.1 Å². The van der Waals surface area contributed by atoms with Gasteiger partial charge in [-0.2, -0.15) is 12.6 Å². The lowest BCUT2D eigenvalue weighted by Gasteiger charge is -2.24. The first kappa shape index (κ1) is 15.6. The zero-order chi connectivity index (χ0) is 15.1. The van der Waals surface area contributed by atoms with Crippen LogP contribution in [0.15, 0.2) is 54.9 Å². The number of carbonyl (C=O) groups is 1. The topological polar surface area (TPSA) is 33.2 Å². The largest absolute Gasteiger partial charge is 0.338 e. The van der Waals surface area contributed by atoms with Gasteiger partial charge in [0.2, 0.25) is 5.91 Å². The Morgan fingerprint density at radius 3 is 2.43 bits per heavy atom. The van der Waals surface area contributed by atoms with E-state index in [0.717, 1.165) is 11.1 Å². The molecule has 0 bridgehead atoms. The molecule has 1 aromatic heterocycles. The first-order valence-electron chi connectivity index (χ1n) is 7.10. The van der Waals surface area contributed by atoms with E-state index < -0.39 is 0 Å². The van der Waals surface area contributed by atoms with Crippen molar-refractivity contribution in [3.8, 4) is 0 Å². The molecular weight excluding hydrogens is 280 g/mol. The van der Waals surface area contributed by atoms with E-state index in [-0.39, 0.29) is 11.2 Å². The molecule has 1 unspecified atom stereocenters. The van der Waals surface area contributed by atoms with Crippen LogP contribution in [0.3, 0.4) is 0 Å². The Morgan fingerprint density at radius 1 is 1.14 bits per heavy atom. The van der Waals surface area contributed by atoms with E-state index in [1.54, 1.807) is 12.4 Å². The molecule has 4 heteroatoms. The van der Waals surface area contributed by atoms with Crippen molar-refractivity contribution >= 4 is 18.5 Å². The van der Waals surface area contributed by atoms with Crippen LogP contribution < -0.4 is 0 Å². The molecule has 0 aliphatic heterocycles. The standard InChI is InChI=1S/C17H20N2OS/c1-2-19(13-15-8-10-18-11-9-15)17(20)16(21)12-14-6-4-3-5-7-14/h3-11,16,21H,2,12-13H2,1H3. The fourth-order valence-electron chi connectivity index (χ4n) is 2.19. The van der Waals surface area contributed by atoms with Crippen molar-refractivity contribution < 1.29 is 4.79 Å². The second kappa shape index (κ2) is 7.84. The second-order valence-electron chi connectivity index (χ2n) is 4.91. The molecule has 2 aromatic rings. The molecule has 0 fully saturated rings. The van der Waals surface area contributed by atoms with Gasteiger partial charge in [0.15, 0.2) is 0 Å². The Hall–Kier alpha value is -1.81. The maximum atomic E-state index is 12.5. The number of rotatable bonds is 6. The molecule has 0 aliphatic carbocycles. The summed E-state index contributed by atoms with van der Waals surface area (Å²) in [5.41, 5.74) is 2.21. The van der Waals surface area contributed by atoms with Crippen LogP contribution in [0.5, 0.6) is 0 Å². The minimum absolute atomic E-state index is 0.0708. The Balaban J connectivity index is 1.99. The van der Waals surface area contributed by atoms with Gasteiger partial charge in [0.1, 0.15) is 0 Å². The van der Waals surface area contributed by atoms with Crippen molar-refractivity contribution in [1.82, 2.24) is 9.88 Å². The third-order valence-corrected chi connectivity index (χ3v) is 3.78. The van der Waals surface area contributed by atoms with E-state index >= 15 is 0 Å². The van der Waals surface area contributed by atoms with E-state index in [0.29, 0.717) is 19.5 Å². The van der Waals surface area contributed by atoms with Gasteiger partial charge in [0.25, 0.3) is 0 Å². The lowest BCUT2D eigenvalue weighted by molar-refractivity contribution is -0.131. The minimum atomic E-state index is -0.311. The molecule has 2 rings (SSSR count). The quantitative estimate of drug-likeness (QED) is 0.832. The molecule has 0 saturated carbocycles. The van der Waals surface area contributed by atoms with Crippen molar-refractivity contribution in [2.45, 2.75) is 25.1 Å². The Bertz CT molecular complexity index is 560. The molecule has 21 heavy (non-hydrogen) atoms. The highest BCUT2D eigenvalue weighted by Crippen LogP contribution is 2.13. The summed E-state index contributed by atoms with van der Waals surface area (Å²) in [6.45, 7) is 3.26. The van der Waals surface area contributed by atoms with E-state index in [1.165, 1.54) is 0 Å². The van der Waals surface area contributed by atoms with Crippen LogP contribution in [-0.4, -0.2) is 27.6 Å². The zero-order valence-corrected chi connectivity index (χ0v) is 13.0. The number of pyridine rings is 1. The molecule has 0 saturated heterocycles. The van der Waals surface area contributed by atoms with Crippen molar-refractivity contribution in [3.63, 3.8) is 0 Å². The van der Waals surface area contributed by atoms with Crippen LogP contribution in [0.4, 0.5) is 0 Å². The highest BCUT2D eigenvalue weighted by atomic mass is 32.1. The molecule has 1 amide bonds. The monoisotopic (exact) mass is 300 g/mol. The van der Waals surface area contributed by atoms with E-state index in [4.69, 9.17) is 0 Å². The average Bonchev–Trinajstić information content (AvgIpc) is 2.54. The summed E-state index contributed by atoms with van der Waals surface area (Å²) < 4.78 is 0. The highest BCUT2D eigenvalue weighted by molar-refractivity contribution is 7.81. The number of hydrogen-bond donors (Lipinski definition) is 1. The predicted molar refractivity (Wildman–Crippen MR) is 88.2 cm³/mol. The second-order valence-corrected chi connectivity index (χ2v) is 5.54. The van der Waals surface area contributed by atoms with Gasteiger partial charge in [-0.05, 0) is 36.6 Å². The number of benzene rings is 1. The third kappa shape index (κ3) is 4.60. The van der Waals surface area contributed by atoms with Gasteiger partial charge in [-0.3, -0.25) is 9.78 Å². The summed E-state index contributed by atoms with van der Waals surface area (Å²) in [5, 5.41) is -0.311. The number of nitrogens with zero attached hydrogens (tertiary/aromatic N) is 2. The number of aromatic nitrogens is 1. The molecule has 110 valence electrons. The lowest BCUT2D eigenvalue weighted by atomic mass is 10.1. The van der Waals surface area contributed by atoms with Crippen molar-refractivity contribution in [1.29, 1.82) is 0 Å². The maximum Gasteiger partial charge on any atom is 0.236 e. The van der Waals surface area contributed by atoms with Gasteiger partial charge in [-0.25, -0.2) is 0 Å². The molecule has 0 aliphatic rings. The zero-order valence-electron chi connectivity index (χ0n) is 12.1. The van der Waals surface area contributed by atoms with Crippen LogP contribution in [-0.2, 0) is 17.8 Å². The summed E-state index contributed by atoms with van der Waals surface area (Å²) in [6, 6.07) is 13.8. The number of hydrogen-bond acceptors (Lipinski definition) is 3. The maximum absolute atomic E-state index is 12.5. The van der Waals surface area contributed by atoms with Gasteiger partial charge < -0.3 is 4.90 Å². The highest BCUT2D eigenvalue weighted by Gasteiger charge is 2.20. The molecule has 0 spiro atoms. The first-order valence-corrected chi connectivity index (χ1v) is 7.62. The van der Waals surface area contributed by atoms with Gasteiger partial charge in [-0.15, -0.1) is 0 Å². The van der Waals surface area contributed by atoms with Crippen LogP contribution in [0.2, 0.25) is 0 Å². The average molecular weight is 300 g/mol. The lowest BCUT2D eigenvalue weighted by Crippen LogP contribution is -2.37. The van der Waals surface area contributed by atoms with Crippen LogP contribution in [0.25, 0.3) is 0 Å². The van der Waals surface area contributed by atoms with Crippen molar-refractivity contribution in [2.24, 2.45) is 0 Å². The van der Waals surface area contributed by atoms with Crippen LogP contribution in [0, 0.1) is 0 Å². The first-order chi connectivity index (χ1) is 10.2. The minimum Gasteiger partial charge on any atom is -0.338 e. The molecule has 1 heterocycles. The third-order valence-electron chi connectivity index (χ3n) is 3.37. The van der Waals surface area contributed by atoms with Crippen molar-refractivity contribution in [2.75, 3.05) is 6.54 Å². The summed E-state index contributed by atoms with van der Waals surface area (Å²) in [7, 11) is 0. The predicted octanol–water partition coefficient (Wildman–Crippen LogP) is 2.97. The Kier molecular flexibility index (Phi) is 5.81. The van der Waals surface area contributed by atoms with Gasteiger partial charge >= 0.3 is 0 Å². The molecule has 0 radical (unpaired) electrons. The summed E-state index contributed by atoms with van der Waals surface area (Å²) in [4.78, 5) is 18.3. The molecule has 1 aromatic carbocycles. The number of amides is 1. The summed E-state index contributed by atoms with van der Waals surface area (Å²) in [6.07, 6.45) is 4.14. The molecule has 1 atom stereocenters. The summed E-state index contributed by atoms with van der Waals surface area (Å²) in [5.74, 6) is 0.0708. The fourth-order valence-corrected chi connectivity index (χ4v) is 2.56. The molecule has 3 nitrogen and oxygen atoms in total. The van der Waals surface area contributed by atoms with E-state index in [1.807, 2.05) is 54.3 Å². The number of carbonyl (C=O) groups excluding carboxylic acids is 1.